The summed E-state index contributed by atoms with van der Waals surface area (Å²) >= 11 is 0. The fourth-order valence-electron chi connectivity index (χ4n) is 4.89. The minimum atomic E-state index is -0.224. The molecular weight excluding hydrogens is 366 g/mol. The minimum absolute atomic E-state index is 0.00715. The van der Waals surface area contributed by atoms with Crippen LogP contribution < -0.4 is 5.56 Å². The van der Waals surface area contributed by atoms with Gasteiger partial charge in [-0.3, -0.25) is 14.2 Å². The van der Waals surface area contributed by atoms with Gasteiger partial charge in [-0.15, -0.1) is 0 Å². The molecule has 0 bridgehead atoms. The molecular formula is C22H25N5O2. The maximum absolute atomic E-state index is 12.9. The molecule has 1 aromatic carbocycles. The Morgan fingerprint density at radius 1 is 1.07 bits per heavy atom. The molecule has 2 aromatic heterocycles. The molecule has 29 heavy (non-hydrogen) atoms. The van der Waals surface area contributed by atoms with Crippen molar-refractivity contribution in [2.45, 2.75) is 38.6 Å². The summed E-state index contributed by atoms with van der Waals surface area (Å²) in [5.41, 5.74) is 1.13. The summed E-state index contributed by atoms with van der Waals surface area (Å²) in [6.45, 7) is 1.67. The van der Waals surface area contributed by atoms with Crippen molar-refractivity contribution in [3.8, 4) is 5.69 Å². The van der Waals surface area contributed by atoms with Gasteiger partial charge >= 0.3 is 0 Å². The Labute approximate surface area is 169 Å². The zero-order valence-corrected chi connectivity index (χ0v) is 16.4. The lowest BCUT2D eigenvalue weighted by molar-refractivity contribution is -0.135. The summed E-state index contributed by atoms with van der Waals surface area (Å²) in [7, 11) is 0. The monoisotopic (exact) mass is 391 g/mol. The van der Waals surface area contributed by atoms with Crippen LogP contribution in [0.1, 0.15) is 32.1 Å². The molecule has 2 atom stereocenters. The van der Waals surface area contributed by atoms with E-state index in [1.165, 1.54) is 42.8 Å². The Balaban J connectivity index is 1.36. The van der Waals surface area contributed by atoms with Crippen LogP contribution in [-0.2, 0) is 11.3 Å². The number of rotatable bonds is 3. The van der Waals surface area contributed by atoms with Crippen molar-refractivity contribution < 1.29 is 4.79 Å². The molecule has 0 unspecified atom stereocenters. The third kappa shape index (κ3) is 3.34. The average molecular weight is 391 g/mol. The van der Waals surface area contributed by atoms with Crippen molar-refractivity contribution in [1.29, 1.82) is 0 Å². The fourth-order valence-corrected chi connectivity index (χ4v) is 4.89. The molecule has 3 heterocycles. The summed E-state index contributed by atoms with van der Waals surface area (Å²) in [4.78, 5) is 32.2. The number of carbonyl (C=O) groups excluding carboxylic acids is 1. The number of benzene rings is 1. The SMILES string of the molecule is O=C(Cn1cnc2c(cnn2-c2ccccc2)c1=O)N1CC[C@H]2CCCC[C@H]2C1. The molecule has 2 aliphatic rings. The maximum atomic E-state index is 12.9. The first-order chi connectivity index (χ1) is 14.2. The molecule has 0 N–H and O–H groups in total. The number of hydrogen-bond donors (Lipinski definition) is 0. The van der Waals surface area contributed by atoms with Gasteiger partial charge in [-0.25, -0.2) is 9.67 Å². The highest BCUT2D eigenvalue weighted by Crippen LogP contribution is 2.36. The molecule has 1 saturated heterocycles. The van der Waals surface area contributed by atoms with E-state index in [-0.39, 0.29) is 18.0 Å². The van der Waals surface area contributed by atoms with E-state index >= 15 is 0 Å². The van der Waals surface area contributed by atoms with Gasteiger partial charge in [-0.2, -0.15) is 5.10 Å². The molecule has 0 spiro atoms. The van der Waals surface area contributed by atoms with Crippen LogP contribution in [0.5, 0.6) is 0 Å². The highest BCUT2D eigenvalue weighted by molar-refractivity contribution is 5.78. The molecule has 1 saturated carbocycles. The summed E-state index contributed by atoms with van der Waals surface area (Å²) in [5.74, 6) is 1.41. The summed E-state index contributed by atoms with van der Waals surface area (Å²) in [6, 6.07) is 9.59. The summed E-state index contributed by atoms with van der Waals surface area (Å²) in [6.07, 6.45) is 9.22. The fraction of sp³-hybridized carbons (Fsp3) is 0.455. The van der Waals surface area contributed by atoms with Gasteiger partial charge in [0.25, 0.3) is 5.56 Å². The predicted octanol–water partition coefficient (Wildman–Crippen LogP) is 2.62. The van der Waals surface area contributed by atoms with Crippen molar-refractivity contribution >= 4 is 16.9 Å². The van der Waals surface area contributed by atoms with Crippen LogP contribution >= 0.6 is 0 Å². The van der Waals surface area contributed by atoms with Crippen LogP contribution in [0, 0.1) is 11.8 Å². The highest BCUT2D eigenvalue weighted by Gasteiger charge is 2.33. The van der Waals surface area contributed by atoms with Gasteiger partial charge in [0.05, 0.1) is 11.9 Å². The predicted molar refractivity (Wildman–Crippen MR) is 110 cm³/mol. The zero-order valence-electron chi connectivity index (χ0n) is 16.4. The lowest BCUT2D eigenvalue weighted by Gasteiger charge is -2.41. The van der Waals surface area contributed by atoms with Crippen molar-refractivity contribution in [1.82, 2.24) is 24.2 Å². The first-order valence-corrected chi connectivity index (χ1v) is 10.5. The lowest BCUT2D eigenvalue weighted by Crippen LogP contribution is -2.46. The van der Waals surface area contributed by atoms with Crippen molar-refractivity contribution in [2.24, 2.45) is 11.8 Å². The molecule has 150 valence electrons. The van der Waals surface area contributed by atoms with Crippen LogP contribution in [-0.4, -0.2) is 43.2 Å². The number of hydrogen-bond acceptors (Lipinski definition) is 4. The second-order valence-electron chi connectivity index (χ2n) is 8.24. The molecule has 1 amide bonds. The quantitative estimate of drug-likeness (QED) is 0.688. The molecule has 7 nitrogen and oxygen atoms in total. The first kappa shape index (κ1) is 18.1. The van der Waals surface area contributed by atoms with Crippen LogP contribution in [0.3, 0.4) is 0 Å². The highest BCUT2D eigenvalue weighted by atomic mass is 16.2. The number of piperidine rings is 1. The standard InChI is InChI=1S/C22H25N5O2/c28-20(25-11-10-16-6-4-5-7-17(16)13-25)14-26-15-23-21-19(22(26)29)12-24-27(21)18-8-2-1-3-9-18/h1-3,8-9,12,15-17H,4-7,10-11,13-14H2/t16-,17+/m1/s1. The van der Waals surface area contributed by atoms with Crippen molar-refractivity contribution in [3.63, 3.8) is 0 Å². The molecule has 3 aromatic rings. The van der Waals surface area contributed by atoms with Gasteiger partial charge in [0.2, 0.25) is 5.91 Å². The molecule has 5 rings (SSSR count). The summed E-state index contributed by atoms with van der Waals surface area (Å²) < 4.78 is 3.06. The number of nitrogens with zero attached hydrogens (tertiary/aromatic N) is 5. The van der Waals surface area contributed by atoms with E-state index in [0.717, 1.165) is 31.1 Å². The molecule has 0 radical (unpaired) electrons. The van der Waals surface area contributed by atoms with E-state index in [1.807, 2.05) is 35.2 Å². The third-order valence-corrected chi connectivity index (χ3v) is 6.50. The minimum Gasteiger partial charge on any atom is -0.341 e. The second kappa shape index (κ2) is 7.46. The number of likely N-dealkylation sites (tertiary alicyclic amines) is 1. The van der Waals surface area contributed by atoms with E-state index in [9.17, 15) is 9.59 Å². The molecule has 7 heteroatoms. The maximum Gasteiger partial charge on any atom is 0.264 e. The Hall–Kier alpha value is -2.96. The first-order valence-electron chi connectivity index (χ1n) is 10.5. The second-order valence-corrected chi connectivity index (χ2v) is 8.24. The Morgan fingerprint density at radius 3 is 2.69 bits per heavy atom. The van der Waals surface area contributed by atoms with Crippen LogP contribution in [0.4, 0.5) is 0 Å². The molecule has 1 aliphatic heterocycles. The van der Waals surface area contributed by atoms with Crippen LogP contribution in [0.15, 0.2) is 47.7 Å². The van der Waals surface area contributed by atoms with Crippen LogP contribution in [0.25, 0.3) is 16.7 Å². The van der Waals surface area contributed by atoms with Crippen LogP contribution in [0.2, 0.25) is 0 Å². The smallest absolute Gasteiger partial charge is 0.264 e. The zero-order chi connectivity index (χ0) is 19.8. The van der Waals surface area contributed by atoms with Crippen molar-refractivity contribution in [2.75, 3.05) is 13.1 Å². The average Bonchev–Trinajstić information content (AvgIpc) is 3.21. The van der Waals surface area contributed by atoms with E-state index in [1.54, 1.807) is 4.68 Å². The number of para-hydroxylation sites is 1. The van der Waals surface area contributed by atoms with Crippen molar-refractivity contribution in [3.05, 3.63) is 53.2 Å². The molecule has 2 fully saturated rings. The van der Waals surface area contributed by atoms with Gasteiger partial charge in [0, 0.05) is 13.1 Å². The van der Waals surface area contributed by atoms with Gasteiger partial charge in [-0.1, -0.05) is 37.5 Å². The van der Waals surface area contributed by atoms with E-state index in [0.29, 0.717) is 17.0 Å². The van der Waals surface area contributed by atoms with Gasteiger partial charge < -0.3 is 4.90 Å². The molecule has 1 aliphatic carbocycles. The van der Waals surface area contributed by atoms with Gasteiger partial charge in [0.1, 0.15) is 18.3 Å². The largest absolute Gasteiger partial charge is 0.341 e. The lowest BCUT2D eigenvalue weighted by atomic mass is 9.75. The normalized spacial score (nSPS) is 21.9. The number of aromatic nitrogens is 4. The summed E-state index contributed by atoms with van der Waals surface area (Å²) in [5, 5.41) is 4.75. The Morgan fingerprint density at radius 2 is 1.86 bits per heavy atom. The van der Waals surface area contributed by atoms with Gasteiger partial charge in [0.15, 0.2) is 5.65 Å². The van der Waals surface area contributed by atoms with E-state index in [2.05, 4.69) is 10.1 Å². The van der Waals surface area contributed by atoms with E-state index < -0.39 is 0 Å². The van der Waals surface area contributed by atoms with E-state index in [4.69, 9.17) is 0 Å². The Kier molecular flexibility index (Phi) is 4.66. The topological polar surface area (TPSA) is 73.0 Å². The number of carbonyl (C=O) groups is 1. The van der Waals surface area contributed by atoms with Gasteiger partial charge in [-0.05, 0) is 36.8 Å². The number of amides is 1. The third-order valence-electron chi connectivity index (χ3n) is 6.50. The number of fused-ring (bicyclic) bond motifs is 2. The Bertz CT molecular complexity index is 1090.